The number of anilines is 4. The Kier molecular flexibility index (Phi) is 13.6. The minimum atomic E-state index is -5.28. The Labute approximate surface area is 336 Å². The van der Waals surface area contributed by atoms with Gasteiger partial charge in [-0.25, -0.2) is 17.9 Å². The molecule has 5 rings (SSSR count). The van der Waals surface area contributed by atoms with Crippen LogP contribution in [0.2, 0.25) is 0 Å². The summed E-state index contributed by atoms with van der Waals surface area (Å²) in [6.07, 6.45) is -1.41. The zero-order chi connectivity index (χ0) is 43.3. The summed E-state index contributed by atoms with van der Waals surface area (Å²) in [5.41, 5.74) is -1.36. The molecule has 0 unspecified atom stereocenters. The Morgan fingerprint density at radius 3 is 2.10 bits per heavy atom. The minimum Gasteiger partial charge on any atom is -0.505 e. The molecular weight excluding hydrogens is 898 g/mol. The summed E-state index contributed by atoms with van der Waals surface area (Å²) >= 11 is 0.139. The van der Waals surface area contributed by atoms with Gasteiger partial charge in [0.25, 0.3) is 20.2 Å². The highest BCUT2D eigenvalue weighted by molar-refractivity contribution is 7.94. The topological polar surface area (TPSA) is 362 Å². The molecule has 0 fully saturated rings. The van der Waals surface area contributed by atoms with E-state index in [0.29, 0.717) is 0 Å². The normalized spacial score (nSPS) is 12.6. The third-order valence-electron chi connectivity index (χ3n) is 7.28. The Bertz CT molecular complexity index is 2890. The van der Waals surface area contributed by atoms with Gasteiger partial charge in [0.1, 0.15) is 26.9 Å². The number of hydrogen-bond donors (Lipinski definition) is 7. The fourth-order valence-electron chi connectivity index (χ4n) is 4.95. The molecule has 0 aliphatic heterocycles. The fourth-order valence-corrected chi connectivity index (χ4v) is 8.41. The van der Waals surface area contributed by atoms with Crippen LogP contribution in [0.4, 0.5) is 39.0 Å². The van der Waals surface area contributed by atoms with Crippen molar-refractivity contribution in [2.24, 2.45) is 10.2 Å². The summed E-state index contributed by atoms with van der Waals surface area (Å²) in [5.74, 6) is -2.73. The monoisotopic (exact) mass is 923 g/mol. The van der Waals surface area contributed by atoms with Crippen LogP contribution < -0.4 is 15.4 Å². The molecule has 0 radical (unpaired) electrons. The van der Waals surface area contributed by atoms with Crippen LogP contribution in [0.5, 0.6) is 11.5 Å². The second-order valence-electron chi connectivity index (χ2n) is 11.1. The van der Waals surface area contributed by atoms with Gasteiger partial charge in [-0.2, -0.15) is 44.6 Å². The first-order chi connectivity index (χ1) is 27.6. The third kappa shape index (κ3) is 11.5. The Hall–Kier alpha value is -5.25. The van der Waals surface area contributed by atoms with Gasteiger partial charge in [-0.05, 0) is 61.5 Å². The quantitative estimate of drug-likeness (QED) is 0.0206. The lowest BCUT2D eigenvalue weighted by molar-refractivity contribution is -0.432. The molecule has 0 aliphatic carbocycles. The standard InChI is InChI=1S/C29H26FN7O17S5/c1-2-51-16-5-9-20(23(13-16)57(42,43)44)36-37-24-22(55-54-53-39)14-19-18(25(24)38)8-10-21(26(19)58(45,46)47)32-29-34-27(30)33-28(35-29)31-15-3-6-17(7-4-15)56(40,41)12-11-52-59(48,49)50/h3-10,13-14,38-39H,2,11-12H2,1H3,(H,42,43,44)(H,45,46,47)(H,48,49,50)(H2,31,32,33,34,35). The largest absolute Gasteiger partial charge is 0.505 e. The number of phenolic OH excluding ortho intramolecular Hbond substituents is 1. The Balaban J connectivity index is 1.51. The number of rotatable bonds is 18. The van der Waals surface area contributed by atoms with Crippen LogP contribution in [-0.4, -0.2) is 91.6 Å². The fraction of sp³-hybridized carbons (Fsp3) is 0.138. The number of benzene rings is 4. The number of nitrogens with one attached hydrogen (secondary N) is 2. The number of aromatic nitrogens is 3. The van der Waals surface area contributed by atoms with Crippen LogP contribution in [0.1, 0.15) is 6.92 Å². The number of aromatic hydroxyl groups is 1. The number of hydrogen-bond acceptors (Lipinski definition) is 22. The van der Waals surface area contributed by atoms with E-state index in [-0.39, 0.29) is 45.3 Å². The van der Waals surface area contributed by atoms with Crippen molar-refractivity contribution in [1.82, 2.24) is 15.0 Å². The zero-order valence-corrected chi connectivity index (χ0v) is 33.3. The van der Waals surface area contributed by atoms with Gasteiger partial charge in [0.15, 0.2) is 15.6 Å². The van der Waals surface area contributed by atoms with Crippen molar-refractivity contribution in [3.05, 3.63) is 66.7 Å². The lowest BCUT2D eigenvalue weighted by Gasteiger charge is -2.15. The van der Waals surface area contributed by atoms with Gasteiger partial charge in [0.2, 0.25) is 11.9 Å². The highest BCUT2D eigenvalue weighted by Crippen LogP contribution is 2.47. The molecule has 0 amide bonds. The molecule has 30 heteroatoms. The van der Waals surface area contributed by atoms with Gasteiger partial charge >= 0.3 is 16.5 Å². The van der Waals surface area contributed by atoms with Crippen molar-refractivity contribution in [2.45, 2.75) is 26.5 Å². The predicted molar refractivity (Wildman–Crippen MR) is 200 cm³/mol. The number of nitrogens with zero attached hydrogens (tertiary/aromatic N) is 5. The maximum Gasteiger partial charge on any atom is 0.397 e. The van der Waals surface area contributed by atoms with Crippen molar-refractivity contribution in [2.75, 3.05) is 29.6 Å². The molecule has 24 nitrogen and oxygen atoms in total. The number of sulfone groups is 1. The van der Waals surface area contributed by atoms with Gasteiger partial charge < -0.3 is 20.5 Å². The molecule has 1 heterocycles. The van der Waals surface area contributed by atoms with E-state index < -0.39 is 109 Å². The van der Waals surface area contributed by atoms with Gasteiger partial charge in [-0.1, -0.05) is 5.04 Å². The van der Waals surface area contributed by atoms with Gasteiger partial charge in [0, 0.05) is 22.5 Å². The van der Waals surface area contributed by atoms with Gasteiger partial charge in [0.05, 0.1) is 46.5 Å². The molecule has 0 bridgehead atoms. The molecule has 7 N–H and O–H groups in total. The van der Waals surface area contributed by atoms with E-state index in [2.05, 4.69) is 49.4 Å². The Morgan fingerprint density at radius 2 is 1.49 bits per heavy atom. The molecule has 0 saturated heterocycles. The van der Waals surface area contributed by atoms with E-state index >= 15 is 0 Å². The lowest BCUT2D eigenvalue weighted by atomic mass is 10.1. The maximum absolute atomic E-state index is 14.6. The van der Waals surface area contributed by atoms with Crippen LogP contribution in [0, 0.1) is 6.08 Å². The molecule has 316 valence electrons. The first kappa shape index (κ1) is 44.8. The highest BCUT2D eigenvalue weighted by atomic mass is 32.3. The number of azo groups is 1. The summed E-state index contributed by atoms with van der Waals surface area (Å²) in [7, 11) is -19.1. The van der Waals surface area contributed by atoms with E-state index in [1.54, 1.807) is 6.92 Å². The van der Waals surface area contributed by atoms with E-state index in [0.717, 1.165) is 42.5 Å². The molecule has 4 aromatic carbocycles. The summed E-state index contributed by atoms with van der Waals surface area (Å²) in [5, 5.41) is 35.6. The SMILES string of the molecule is CCOc1ccc(N=Nc2c(SOOO)cc3c(S(=O)(=O)O)c(Nc4nc(F)nc(Nc5ccc(S(=O)(=O)CCOS(=O)(=O)O)cc5)n4)ccc3c2O)c(S(=O)(=O)O)c1. The van der Waals surface area contributed by atoms with E-state index in [4.69, 9.17) is 14.5 Å². The summed E-state index contributed by atoms with van der Waals surface area (Å²) in [6.45, 7) is 0.908. The van der Waals surface area contributed by atoms with Crippen molar-refractivity contribution in [3.8, 4) is 11.5 Å². The molecule has 0 spiro atoms. The minimum absolute atomic E-state index is 0.0558. The van der Waals surface area contributed by atoms with E-state index in [1.807, 2.05) is 0 Å². The number of halogens is 1. The van der Waals surface area contributed by atoms with Crippen LogP contribution >= 0.6 is 12.0 Å². The van der Waals surface area contributed by atoms with Crippen LogP contribution in [0.15, 0.2) is 90.5 Å². The smallest absolute Gasteiger partial charge is 0.397 e. The van der Waals surface area contributed by atoms with Crippen molar-refractivity contribution in [3.63, 3.8) is 0 Å². The molecule has 0 aliphatic rings. The van der Waals surface area contributed by atoms with Crippen LogP contribution in [-0.2, 0) is 54.0 Å². The molecular formula is C29H26FN7O17S5. The highest BCUT2D eigenvalue weighted by Gasteiger charge is 2.26. The molecule has 0 saturated carbocycles. The Morgan fingerprint density at radius 1 is 0.814 bits per heavy atom. The first-order valence-corrected chi connectivity index (χ1v) is 22.2. The average Bonchev–Trinajstić information content (AvgIpc) is 3.12. The second-order valence-corrected chi connectivity index (χ2v) is 17.8. The van der Waals surface area contributed by atoms with E-state index in [1.165, 1.54) is 18.2 Å². The number of phenols is 1. The number of ether oxygens (including phenoxy) is 1. The molecule has 0 atom stereocenters. The average molecular weight is 924 g/mol. The second kappa shape index (κ2) is 17.9. The lowest BCUT2D eigenvalue weighted by Crippen LogP contribution is -2.15. The number of fused-ring (bicyclic) bond motifs is 1. The van der Waals surface area contributed by atoms with Crippen molar-refractivity contribution in [1.29, 1.82) is 0 Å². The molecule has 59 heavy (non-hydrogen) atoms. The summed E-state index contributed by atoms with van der Waals surface area (Å²) in [4.78, 5) is 8.58. The van der Waals surface area contributed by atoms with Gasteiger partial charge in [-0.15, -0.1) is 14.6 Å². The van der Waals surface area contributed by atoms with Gasteiger partial charge in [-0.3, -0.25) is 13.7 Å². The molecule has 5 aromatic rings. The van der Waals surface area contributed by atoms with Crippen LogP contribution in [0.25, 0.3) is 10.8 Å². The maximum atomic E-state index is 14.6. The van der Waals surface area contributed by atoms with Crippen molar-refractivity contribution < 1.29 is 80.4 Å². The third-order valence-corrected chi connectivity index (χ3v) is 11.9. The van der Waals surface area contributed by atoms with Crippen molar-refractivity contribution >= 4 is 97.9 Å². The summed E-state index contributed by atoms with van der Waals surface area (Å²) < 4.78 is 153. The zero-order valence-electron chi connectivity index (χ0n) is 29.2. The van der Waals surface area contributed by atoms with E-state index in [9.17, 15) is 52.3 Å². The van der Waals surface area contributed by atoms with Crippen LogP contribution in [0.3, 0.4) is 0 Å². The predicted octanol–water partition coefficient (Wildman–Crippen LogP) is 4.69. The molecule has 1 aromatic heterocycles. The first-order valence-electron chi connectivity index (χ1n) is 15.6. The summed E-state index contributed by atoms with van der Waals surface area (Å²) in [6, 6.07) is 11.1.